The second kappa shape index (κ2) is 8.84. The van der Waals surface area contributed by atoms with Gasteiger partial charge in [-0.25, -0.2) is 0 Å². The van der Waals surface area contributed by atoms with Crippen molar-refractivity contribution in [2.24, 2.45) is 5.73 Å². The van der Waals surface area contributed by atoms with Crippen molar-refractivity contribution >= 4 is 18.3 Å². The zero-order valence-electron chi connectivity index (χ0n) is 9.94. The van der Waals surface area contributed by atoms with Crippen molar-refractivity contribution in [3.8, 4) is 5.75 Å². The summed E-state index contributed by atoms with van der Waals surface area (Å²) in [7, 11) is 1.64. The van der Waals surface area contributed by atoms with Gasteiger partial charge in [0.1, 0.15) is 12.4 Å². The van der Waals surface area contributed by atoms with Crippen LogP contribution in [0, 0.1) is 0 Å². The minimum Gasteiger partial charge on any atom is -0.492 e. The van der Waals surface area contributed by atoms with Gasteiger partial charge in [0.25, 0.3) is 0 Å². The van der Waals surface area contributed by atoms with Gasteiger partial charge in [-0.05, 0) is 24.1 Å². The topological polar surface area (TPSA) is 64.3 Å². The number of carbonyl (C=O) groups is 1. The highest BCUT2D eigenvalue weighted by molar-refractivity contribution is 5.85. The molecule has 0 spiro atoms. The molecule has 17 heavy (non-hydrogen) atoms. The Kier molecular flexibility index (Phi) is 8.19. The van der Waals surface area contributed by atoms with Crippen LogP contribution in [-0.4, -0.2) is 26.1 Å². The van der Waals surface area contributed by atoms with E-state index in [2.05, 4.69) is 5.32 Å². The highest BCUT2D eigenvalue weighted by Gasteiger charge is 2.00. The second-order valence-corrected chi connectivity index (χ2v) is 3.45. The summed E-state index contributed by atoms with van der Waals surface area (Å²) in [5.41, 5.74) is 6.46. The van der Waals surface area contributed by atoms with Crippen molar-refractivity contribution < 1.29 is 9.53 Å². The molecule has 0 unspecified atom stereocenters. The third kappa shape index (κ3) is 6.14. The van der Waals surface area contributed by atoms with Crippen LogP contribution in [0.3, 0.4) is 0 Å². The van der Waals surface area contributed by atoms with E-state index in [-0.39, 0.29) is 18.3 Å². The molecular weight excluding hydrogens is 240 g/mol. The maximum absolute atomic E-state index is 11.0. The van der Waals surface area contributed by atoms with Gasteiger partial charge in [-0.2, -0.15) is 0 Å². The first-order valence-corrected chi connectivity index (χ1v) is 5.38. The number of nitrogens with one attached hydrogen (secondary N) is 1. The number of halogens is 1. The molecule has 0 fully saturated rings. The molecule has 0 heterocycles. The predicted molar refractivity (Wildman–Crippen MR) is 70.6 cm³/mol. The Hall–Kier alpha value is -1.26. The average molecular weight is 259 g/mol. The van der Waals surface area contributed by atoms with E-state index < -0.39 is 0 Å². The second-order valence-electron chi connectivity index (χ2n) is 3.45. The van der Waals surface area contributed by atoms with Crippen LogP contribution >= 0.6 is 12.4 Å². The molecule has 0 bridgehead atoms. The largest absolute Gasteiger partial charge is 0.492 e. The van der Waals surface area contributed by atoms with Crippen LogP contribution in [0.4, 0.5) is 0 Å². The van der Waals surface area contributed by atoms with Gasteiger partial charge in [-0.3, -0.25) is 4.79 Å². The molecule has 1 amide bonds. The van der Waals surface area contributed by atoms with Gasteiger partial charge in [0, 0.05) is 20.0 Å². The van der Waals surface area contributed by atoms with Crippen LogP contribution in [0.15, 0.2) is 24.3 Å². The van der Waals surface area contributed by atoms with E-state index >= 15 is 0 Å². The maximum Gasteiger partial charge on any atom is 0.220 e. The van der Waals surface area contributed by atoms with E-state index in [1.807, 2.05) is 24.3 Å². The van der Waals surface area contributed by atoms with Gasteiger partial charge in [0.15, 0.2) is 0 Å². The van der Waals surface area contributed by atoms with Crippen LogP contribution in [0.2, 0.25) is 0 Å². The van der Waals surface area contributed by atoms with Crippen molar-refractivity contribution in [3.05, 3.63) is 29.8 Å². The predicted octanol–water partition coefficient (Wildman–Crippen LogP) is 1.12. The Labute approximate surface area is 108 Å². The van der Waals surface area contributed by atoms with E-state index in [1.54, 1.807) is 7.05 Å². The van der Waals surface area contributed by atoms with Crippen molar-refractivity contribution in [3.63, 3.8) is 0 Å². The molecule has 0 atom stereocenters. The van der Waals surface area contributed by atoms with Crippen LogP contribution < -0.4 is 15.8 Å². The summed E-state index contributed by atoms with van der Waals surface area (Å²) in [6.45, 7) is 1.04. The number of benzene rings is 1. The molecule has 3 N–H and O–H groups in total. The summed E-state index contributed by atoms with van der Waals surface area (Å²) >= 11 is 0. The normalized spacial score (nSPS) is 9.29. The number of aryl methyl sites for hydroxylation is 1. The highest BCUT2D eigenvalue weighted by Crippen LogP contribution is 2.13. The Morgan fingerprint density at radius 2 is 2.00 bits per heavy atom. The van der Waals surface area contributed by atoms with Gasteiger partial charge < -0.3 is 15.8 Å². The van der Waals surface area contributed by atoms with Crippen LogP contribution in [-0.2, 0) is 11.2 Å². The summed E-state index contributed by atoms with van der Waals surface area (Å²) in [5.74, 6) is 0.873. The minimum atomic E-state index is 0. The van der Waals surface area contributed by atoms with Gasteiger partial charge in [-0.15, -0.1) is 12.4 Å². The van der Waals surface area contributed by atoms with E-state index in [1.165, 1.54) is 0 Å². The number of hydrogen-bond donors (Lipinski definition) is 2. The molecule has 96 valence electrons. The smallest absolute Gasteiger partial charge is 0.220 e. The average Bonchev–Trinajstić information content (AvgIpc) is 2.34. The van der Waals surface area contributed by atoms with Gasteiger partial charge in [0.2, 0.25) is 5.91 Å². The third-order valence-electron chi connectivity index (χ3n) is 2.23. The Morgan fingerprint density at radius 3 is 2.53 bits per heavy atom. The molecule has 0 radical (unpaired) electrons. The van der Waals surface area contributed by atoms with Crippen LogP contribution in [0.1, 0.15) is 12.0 Å². The van der Waals surface area contributed by atoms with E-state index in [0.717, 1.165) is 17.7 Å². The lowest BCUT2D eigenvalue weighted by Gasteiger charge is -2.05. The number of carbonyl (C=O) groups excluding carboxylic acids is 1. The van der Waals surface area contributed by atoms with Crippen molar-refractivity contribution in [1.82, 2.24) is 5.32 Å². The first kappa shape index (κ1) is 15.7. The molecule has 0 aliphatic carbocycles. The molecule has 0 aliphatic heterocycles. The molecule has 1 aromatic rings. The summed E-state index contributed by atoms with van der Waals surface area (Å²) in [6, 6.07) is 7.73. The number of hydrogen-bond acceptors (Lipinski definition) is 3. The van der Waals surface area contributed by atoms with Crippen LogP contribution in [0.25, 0.3) is 0 Å². The van der Waals surface area contributed by atoms with Gasteiger partial charge in [0.05, 0.1) is 0 Å². The van der Waals surface area contributed by atoms with Crippen LogP contribution in [0.5, 0.6) is 5.75 Å². The summed E-state index contributed by atoms with van der Waals surface area (Å²) in [6.07, 6.45) is 1.26. The fourth-order valence-corrected chi connectivity index (χ4v) is 1.31. The van der Waals surface area contributed by atoms with E-state index in [4.69, 9.17) is 10.5 Å². The standard InChI is InChI=1S/C12H18N2O2.ClH/c1-14-12(15)7-4-10-2-5-11(6-3-10)16-9-8-13;/h2-3,5-6H,4,7-9,13H2,1H3,(H,14,15);1H. The molecule has 1 aromatic carbocycles. The number of rotatable bonds is 6. The number of ether oxygens (including phenoxy) is 1. The summed E-state index contributed by atoms with van der Waals surface area (Å²) in [5, 5.41) is 2.60. The third-order valence-corrected chi connectivity index (χ3v) is 2.23. The number of amides is 1. The SMILES string of the molecule is CNC(=O)CCc1ccc(OCCN)cc1.Cl. The fourth-order valence-electron chi connectivity index (χ4n) is 1.31. The monoisotopic (exact) mass is 258 g/mol. The van der Waals surface area contributed by atoms with Crippen molar-refractivity contribution in [2.75, 3.05) is 20.2 Å². The zero-order chi connectivity index (χ0) is 11.8. The van der Waals surface area contributed by atoms with E-state index in [0.29, 0.717) is 19.6 Å². The first-order valence-electron chi connectivity index (χ1n) is 5.38. The molecule has 0 aromatic heterocycles. The molecule has 0 aliphatic rings. The lowest BCUT2D eigenvalue weighted by atomic mass is 10.1. The Balaban J connectivity index is 0.00000256. The summed E-state index contributed by atoms with van der Waals surface area (Å²) < 4.78 is 5.35. The number of nitrogens with two attached hydrogens (primary N) is 1. The van der Waals surface area contributed by atoms with Crippen molar-refractivity contribution in [2.45, 2.75) is 12.8 Å². The van der Waals surface area contributed by atoms with Crippen molar-refractivity contribution in [1.29, 1.82) is 0 Å². The molecular formula is C12H19ClN2O2. The van der Waals surface area contributed by atoms with Gasteiger partial charge in [-0.1, -0.05) is 12.1 Å². The molecule has 1 rings (SSSR count). The highest BCUT2D eigenvalue weighted by atomic mass is 35.5. The summed E-state index contributed by atoms with van der Waals surface area (Å²) in [4.78, 5) is 11.0. The molecule has 0 saturated heterocycles. The van der Waals surface area contributed by atoms with Gasteiger partial charge >= 0.3 is 0 Å². The first-order chi connectivity index (χ1) is 7.76. The Morgan fingerprint density at radius 1 is 1.35 bits per heavy atom. The zero-order valence-corrected chi connectivity index (χ0v) is 10.8. The molecule has 0 saturated carbocycles. The Bertz CT molecular complexity index is 328. The quantitative estimate of drug-likeness (QED) is 0.804. The lowest BCUT2D eigenvalue weighted by molar-refractivity contribution is -0.120. The molecule has 5 heteroatoms. The minimum absolute atomic E-state index is 0. The van der Waals surface area contributed by atoms with E-state index in [9.17, 15) is 4.79 Å². The molecule has 4 nitrogen and oxygen atoms in total. The fraction of sp³-hybridized carbons (Fsp3) is 0.417. The maximum atomic E-state index is 11.0. The lowest BCUT2D eigenvalue weighted by Crippen LogP contribution is -2.17.